The fraction of sp³-hybridized carbons (Fsp3) is 0.526. The van der Waals surface area contributed by atoms with Crippen LogP contribution in [0.1, 0.15) is 37.0 Å². The van der Waals surface area contributed by atoms with Gasteiger partial charge in [-0.2, -0.15) is 0 Å². The molecule has 0 spiro atoms. The number of benzene rings is 1. The van der Waals surface area contributed by atoms with Crippen molar-refractivity contribution in [1.82, 2.24) is 10.2 Å². The van der Waals surface area contributed by atoms with E-state index in [0.29, 0.717) is 28.1 Å². The predicted molar refractivity (Wildman–Crippen MR) is 102 cm³/mol. The van der Waals surface area contributed by atoms with Crippen molar-refractivity contribution < 1.29 is 9.18 Å². The van der Waals surface area contributed by atoms with Crippen molar-refractivity contribution in [2.24, 2.45) is 5.92 Å². The van der Waals surface area contributed by atoms with Crippen LogP contribution in [0, 0.1) is 5.92 Å². The summed E-state index contributed by atoms with van der Waals surface area (Å²) in [6, 6.07) is 4.84. The quantitative estimate of drug-likeness (QED) is 0.716. The molecule has 0 aliphatic carbocycles. The number of hydrogen-bond donors (Lipinski definition) is 1. The van der Waals surface area contributed by atoms with Gasteiger partial charge in [0.05, 0.1) is 0 Å². The molecular weight excluding hydrogens is 362 g/mol. The van der Waals surface area contributed by atoms with Gasteiger partial charge in [-0.3, -0.25) is 9.69 Å². The molecule has 1 N–H and O–H groups in total. The Labute approximate surface area is 159 Å². The van der Waals surface area contributed by atoms with Crippen LogP contribution in [0.15, 0.2) is 29.8 Å². The van der Waals surface area contributed by atoms with Crippen LogP contribution in [0.3, 0.4) is 0 Å². The van der Waals surface area contributed by atoms with E-state index in [2.05, 4.69) is 10.2 Å². The Morgan fingerprint density at radius 1 is 1.32 bits per heavy atom. The number of likely N-dealkylation sites (tertiary alicyclic amines) is 1. The Hall–Kier alpha value is -1.10. The molecule has 2 rings (SSSR count). The first-order valence-corrected chi connectivity index (χ1v) is 9.37. The summed E-state index contributed by atoms with van der Waals surface area (Å²) in [4.78, 5) is 14.6. The van der Waals surface area contributed by atoms with Crippen molar-refractivity contribution in [1.29, 1.82) is 0 Å². The van der Waals surface area contributed by atoms with E-state index in [4.69, 9.17) is 23.2 Å². The second-order valence-electron chi connectivity index (χ2n) is 6.78. The molecule has 0 bridgehead atoms. The number of allylic oxidation sites excluding steroid dienone is 1. The normalized spacial score (nSPS) is 18.2. The van der Waals surface area contributed by atoms with Crippen LogP contribution >= 0.6 is 23.2 Å². The monoisotopic (exact) mass is 386 g/mol. The zero-order chi connectivity index (χ0) is 18.4. The van der Waals surface area contributed by atoms with E-state index in [9.17, 15) is 9.18 Å². The van der Waals surface area contributed by atoms with E-state index < -0.39 is 6.17 Å². The van der Waals surface area contributed by atoms with Crippen molar-refractivity contribution in [2.45, 2.75) is 32.9 Å². The first-order chi connectivity index (χ1) is 11.8. The topological polar surface area (TPSA) is 32.3 Å². The van der Waals surface area contributed by atoms with Gasteiger partial charge in [-0.1, -0.05) is 34.9 Å². The number of halogens is 3. The lowest BCUT2D eigenvalue weighted by Crippen LogP contribution is -2.39. The van der Waals surface area contributed by atoms with E-state index in [-0.39, 0.29) is 5.91 Å². The number of nitrogens with one attached hydrogen (secondary N) is 1. The van der Waals surface area contributed by atoms with Gasteiger partial charge in [0.1, 0.15) is 6.17 Å². The summed E-state index contributed by atoms with van der Waals surface area (Å²) in [7, 11) is 0. The molecule has 1 saturated heterocycles. The Kier molecular flexibility index (Phi) is 7.73. The maximum Gasteiger partial charge on any atom is 0.251 e. The highest BCUT2D eigenvalue weighted by atomic mass is 35.5. The lowest BCUT2D eigenvalue weighted by Gasteiger charge is -2.32. The number of piperidine rings is 1. The van der Waals surface area contributed by atoms with Crippen LogP contribution in [0.4, 0.5) is 4.39 Å². The molecule has 1 unspecified atom stereocenters. The molecule has 6 heteroatoms. The summed E-state index contributed by atoms with van der Waals surface area (Å²) in [5.74, 6) is 0.307. The van der Waals surface area contributed by atoms with Crippen molar-refractivity contribution in [3.8, 4) is 0 Å². The van der Waals surface area contributed by atoms with Gasteiger partial charge in [0.15, 0.2) is 0 Å². The number of hydrogen-bond acceptors (Lipinski definition) is 2. The SMILES string of the molecule is C/C(=C\C(C)F)CN1CCC(CNC(=O)c2cc(Cl)cc(Cl)c2)CC1. The Morgan fingerprint density at radius 3 is 2.48 bits per heavy atom. The van der Waals surface area contributed by atoms with E-state index in [1.54, 1.807) is 31.2 Å². The summed E-state index contributed by atoms with van der Waals surface area (Å²) >= 11 is 11.9. The molecule has 25 heavy (non-hydrogen) atoms. The molecule has 1 aliphatic rings. The molecule has 1 aliphatic heterocycles. The Morgan fingerprint density at radius 2 is 1.92 bits per heavy atom. The molecule has 1 amide bonds. The van der Waals surface area contributed by atoms with Gasteiger partial charge in [0, 0.05) is 28.7 Å². The zero-order valence-corrected chi connectivity index (χ0v) is 16.2. The number of carbonyl (C=O) groups excluding carboxylic acids is 1. The third kappa shape index (κ3) is 6.96. The summed E-state index contributed by atoms with van der Waals surface area (Å²) < 4.78 is 13.0. The molecule has 1 aromatic carbocycles. The number of rotatable bonds is 6. The summed E-state index contributed by atoms with van der Waals surface area (Å²) in [6.45, 7) is 6.91. The van der Waals surface area contributed by atoms with E-state index >= 15 is 0 Å². The van der Waals surface area contributed by atoms with Gasteiger partial charge in [0.25, 0.3) is 5.91 Å². The minimum absolute atomic E-state index is 0.150. The van der Waals surface area contributed by atoms with Crippen LogP contribution in [0.25, 0.3) is 0 Å². The number of alkyl halides is 1. The largest absolute Gasteiger partial charge is 0.352 e. The molecule has 1 heterocycles. The predicted octanol–water partition coefficient (Wildman–Crippen LogP) is 4.74. The maximum absolute atomic E-state index is 13.0. The summed E-state index contributed by atoms with van der Waals surface area (Å²) in [5, 5.41) is 3.88. The van der Waals surface area contributed by atoms with Crippen molar-refractivity contribution in [2.75, 3.05) is 26.2 Å². The van der Waals surface area contributed by atoms with Crippen LogP contribution in [-0.4, -0.2) is 43.2 Å². The minimum atomic E-state index is -0.896. The Bertz CT molecular complexity index is 606. The third-order valence-corrected chi connectivity index (χ3v) is 4.81. The molecule has 0 aromatic heterocycles. The first kappa shape index (κ1) is 20.2. The van der Waals surface area contributed by atoms with Crippen molar-refractivity contribution >= 4 is 29.1 Å². The molecule has 138 valence electrons. The zero-order valence-electron chi connectivity index (χ0n) is 14.7. The number of amides is 1. The maximum atomic E-state index is 13.0. The number of carbonyl (C=O) groups is 1. The third-order valence-electron chi connectivity index (χ3n) is 4.37. The fourth-order valence-electron chi connectivity index (χ4n) is 3.17. The molecule has 0 saturated carbocycles. The highest BCUT2D eigenvalue weighted by Crippen LogP contribution is 2.20. The fourth-order valence-corrected chi connectivity index (χ4v) is 3.70. The second kappa shape index (κ2) is 9.56. The van der Waals surface area contributed by atoms with Crippen LogP contribution in [0.2, 0.25) is 10.0 Å². The Balaban J connectivity index is 1.76. The molecule has 1 fully saturated rings. The van der Waals surface area contributed by atoms with Gasteiger partial charge >= 0.3 is 0 Å². The van der Waals surface area contributed by atoms with Crippen LogP contribution < -0.4 is 5.32 Å². The molecule has 3 nitrogen and oxygen atoms in total. The second-order valence-corrected chi connectivity index (χ2v) is 7.65. The molecule has 0 radical (unpaired) electrons. The van der Waals surface area contributed by atoms with Gasteiger partial charge in [-0.15, -0.1) is 0 Å². The van der Waals surface area contributed by atoms with Crippen molar-refractivity contribution in [3.05, 3.63) is 45.5 Å². The molecular formula is C19H25Cl2FN2O. The van der Waals surface area contributed by atoms with Gasteiger partial charge in [-0.25, -0.2) is 4.39 Å². The van der Waals surface area contributed by atoms with Crippen molar-refractivity contribution in [3.63, 3.8) is 0 Å². The van der Waals surface area contributed by atoms with Gasteiger partial charge in [-0.05, 0) is 63.9 Å². The molecule has 1 atom stereocenters. The number of nitrogens with zero attached hydrogens (tertiary/aromatic N) is 1. The van der Waals surface area contributed by atoms with E-state index in [1.807, 2.05) is 6.92 Å². The van der Waals surface area contributed by atoms with Gasteiger partial charge in [0.2, 0.25) is 0 Å². The summed E-state index contributed by atoms with van der Waals surface area (Å²) in [5.41, 5.74) is 1.55. The minimum Gasteiger partial charge on any atom is -0.352 e. The smallest absolute Gasteiger partial charge is 0.251 e. The highest BCUT2D eigenvalue weighted by molar-refractivity contribution is 6.35. The lowest BCUT2D eigenvalue weighted by molar-refractivity contribution is 0.0937. The van der Waals surface area contributed by atoms with E-state index in [0.717, 1.165) is 38.0 Å². The average Bonchev–Trinajstić information content (AvgIpc) is 2.52. The first-order valence-electron chi connectivity index (χ1n) is 8.61. The highest BCUT2D eigenvalue weighted by Gasteiger charge is 2.20. The standard InChI is InChI=1S/C19H25Cl2FN2O/c1-13(7-14(2)22)12-24-5-3-15(4-6-24)11-23-19(25)16-8-17(20)10-18(21)9-16/h7-10,14-15H,3-6,11-12H2,1-2H3,(H,23,25)/b13-7+. The van der Waals surface area contributed by atoms with Gasteiger partial charge < -0.3 is 5.32 Å². The van der Waals surface area contributed by atoms with Crippen LogP contribution in [-0.2, 0) is 0 Å². The average molecular weight is 387 g/mol. The lowest BCUT2D eigenvalue weighted by atomic mass is 9.96. The summed E-state index contributed by atoms with van der Waals surface area (Å²) in [6.07, 6.45) is 2.82. The molecule has 1 aromatic rings. The van der Waals surface area contributed by atoms with Crippen LogP contribution in [0.5, 0.6) is 0 Å². The van der Waals surface area contributed by atoms with E-state index in [1.165, 1.54) is 0 Å².